The number of thiophene rings is 2. The summed E-state index contributed by atoms with van der Waals surface area (Å²) in [7, 11) is 0. The maximum atomic E-state index is 3.35. The molecule has 19 heavy (non-hydrogen) atoms. The minimum atomic E-state index is 1.20. The number of rotatable bonds is 2. The third-order valence-corrected chi connectivity index (χ3v) is 5.43. The van der Waals surface area contributed by atoms with E-state index in [2.05, 4.69) is 58.9 Å². The highest BCUT2D eigenvalue weighted by Crippen LogP contribution is 2.45. The van der Waals surface area contributed by atoms with Crippen LogP contribution in [0.25, 0.3) is 31.1 Å². The number of fused-ring (bicyclic) bond motifs is 1. The molecule has 0 spiro atoms. The van der Waals surface area contributed by atoms with E-state index in [1.807, 2.05) is 17.5 Å². The molecule has 0 bridgehead atoms. The minimum absolute atomic E-state index is 1.20. The molecule has 1 nitrogen and oxygen atoms in total. The molecule has 0 fully saturated rings. The van der Waals surface area contributed by atoms with Gasteiger partial charge < -0.3 is 4.98 Å². The second-order valence-electron chi connectivity index (χ2n) is 4.36. The first-order valence-electron chi connectivity index (χ1n) is 6.12. The van der Waals surface area contributed by atoms with Gasteiger partial charge in [0.15, 0.2) is 0 Å². The molecule has 0 saturated carbocycles. The predicted octanol–water partition coefficient (Wildman–Crippen LogP) is 5.62. The molecule has 92 valence electrons. The van der Waals surface area contributed by atoms with Crippen molar-refractivity contribution in [1.29, 1.82) is 0 Å². The molecule has 4 aromatic rings. The van der Waals surface area contributed by atoms with Crippen LogP contribution in [0.5, 0.6) is 0 Å². The number of benzene rings is 1. The lowest BCUT2D eigenvalue weighted by Crippen LogP contribution is -1.77. The van der Waals surface area contributed by atoms with Crippen molar-refractivity contribution in [2.24, 2.45) is 0 Å². The van der Waals surface area contributed by atoms with Crippen molar-refractivity contribution in [3.8, 4) is 21.0 Å². The Morgan fingerprint density at radius 1 is 0.895 bits per heavy atom. The van der Waals surface area contributed by atoms with E-state index in [1.165, 1.54) is 31.1 Å². The van der Waals surface area contributed by atoms with Gasteiger partial charge >= 0.3 is 0 Å². The van der Waals surface area contributed by atoms with E-state index in [-0.39, 0.29) is 0 Å². The van der Waals surface area contributed by atoms with E-state index in [1.54, 1.807) is 11.3 Å². The van der Waals surface area contributed by atoms with Crippen LogP contribution >= 0.6 is 22.7 Å². The van der Waals surface area contributed by atoms with Crippen LogP contribution in [0, 0.1) is 0 Å². The Labute approximate surface area is 119 Å². The predicted molar refractivity (Wildman–Crippen MR) is 84.9 cm³/mol. The molecule has 1 aromatic carbocycles. The second-order valence-corrected chi connectivity index (χ2v) is 6.36. The van der Waals surface area contributed by atoms with Gasteiger partial charge in [0.05, 0.1) is 4.88 Å². The zero-order valence-electron chi connectivity index (χ0n) is 10.1. The zero-order valence-corrected chi connectivity index (χ0v) is 11.7. The molecule has 3 heteroatoms. The number of hydrogen-bond donors (Lipinski definition) is 1. The van der Waals surface area contributed by atoms with E-state index in [4.69, 9.17) is 0 Å². The van der Waals surface area contributed by atoms with E-state index >= 15 is 0 Å². The van der Waals surface area contributed by atoms with Crippen LogP contribution in [0.15, 0.2) is 60.1 Å². The summed E-state index contributed by atoms with van der Waals surface area (Å²) in [6, 6.07) is 17.1. The van der Waals surface area contributed by atoms with Gasteiger partial charge in [-0.25, -0.2) is 0 Å². The van der Waals surface area contributed by atoms with Gasteiger partial charge in [-0.3, -0.25) is 0 Å². The summed E-state index contributed by atoms with van der Waals surface area (Å²) in [5.41, 5.74) is 2.52. The fourth-order valence-electron chi connectivity index (χ4n) is 2.38. The van der Waals surface area contributed by atoms with Gasteiger partial charge in [-0.1, -0.05) is 24.3 Å². The Morgan fingerprint density at radius 2 is 1.84 bits per heavy atom. The zero-order chi connectivity index (χ0) is 12.7. The first-order valence-corrected chi connectivity index (χ1v) is 7.82. The molecular formula is C16H11NS2. The highest BCUT2D eigenvalue weighted by molar-refractivity contribution is 7.26. The maximum absolute atomic E-state index is 3.35. The van der Waals surface area contributed by atoms with Gasteiger partial charge in [0.2, 0.25) is 0 Å². The van der Waals surface area contributed by atoms with Crippen LogP contribution in [0.2, 0.25) is 0 Å². The Morgan fingerprint density at radius 3 is 2.63 bits per heavy atom. The molecule has 0 aliphatic rings. The van der Waals surface area contributed by atoms with Crippen molar-refractivity contribution in [1.82, 2.24) is 4.98 Å². The summed E-state index contributed by atoms with van der Waals surface area (Å²) < 4.78 is 1.34. The molecule has 0 unspecified atom stereocenters. The van der Waals surface area contributed by atoms with E-state index in [0.29, 0.717) is 0 Å². The number of hydrogen-bond acceptors (Lipinski definition) is 2. The topological polar surface area (TPSA) is 15.8 Å². The van der Waals surface area contributed by atoms with Crippen LogP contribution in [0.1, 0.15) is 0 Å². The first kappa shape index (κ1) is 11.0. The third-order valence-electron chi connectivity index (χ3n) is 3.21. The highest BCUT2D eigenvalue weighted by Gasteiger charge is 2.16. The van der Waals surface area contributed by atoms with Gasteiger partial charge in [0, 0.05) is 32.4 Å². The summed E-state index contributed by atoms with van der Waals surface area (Å²) in [5, 5.41) is 3.47. The molecule has 0 saturated heterocycles. The molecule has 3 aromatic heterocycles. The molecule has 0 radical (unpaired) electrons. The van der Waals surface area contributed by atoms with E-state index < -0.39 is 0 Å². The molecule has 0 amide bonds. The van der Waals surface area contributed by atoms with Crippen LogP contribution in [0.4, 0.5) is 0 Å². The van der Waals surface area contributed by atoms with Gasteiger partial charge in [-0.05, 0) is 29.6 Å². The molecule has 0 atom stereocenters. The molecule has 0 aliphatic heterocycles. The second kappa shape index (κ2) is 4.37. The van der Waals surface area contributed by atoms with Crippen molar-refractivity contribution < 1.29 is 0 Å². The average Bonchev–Trinajstić information content (AvgIpc) is 3.17. The molecule has 3 heterocycles. The Kier molecular flexibility index (Phi) is 2.53. The van der Waals surface area contributed by atoms with Gasteiger partial charge in [-0.2, -0.15) is 0 Å². The van der Waals surface area contributed by atoms with Crippen LogP contribution in [0.3, 0.4) is 0 Å². The van der Waals surface area contributed by atoms with E-state index in [0.717, 1.165) is 0 Å². The monoisotopic (exact) mass is 281 g/mol. The normalized spacial score (nSPS) is 11.2. The average molecular weight is 281 g/mol. The van der Waals surface area contributed by atoms with Crippen molar-refractivity contribution in [3.63, 3.8) is 0 Å². The number of H-pyrrole nitrogens is 1. The summed E-state index contributed by atoms with van der Waals surface area (Å²) >= 11 is 3.67. The lowest BCUT2D eigenvalue weighted by atomic mass is 10.1. The fourth-order valence-corrected chi connectivity index (χ4v) is 4.46. The number of nitrogens with one attached hydrogen (secondary N) is 1. The lowest BCUT2D eigenvalue weighted by Gasteiger charge is -2.00. The number of aromatic amines is 1. The van der Waals surface area contributed by atoms with Crippen molar-refractivity contribution in [3.05, 3.63) is 60.1 Å². The van der Waals surface area contributed by atoms with Crippen molar-refractivity contribution in [2.75, 3.05) is 0 Å². The Bertz CT molecular complexity index is 808. The van der Waals surface area contributed by atoms with Crippen molar-refractivity contribution >= 4 is 32.8 Å². The summed E-state index contributed by atoms with van der Waals surface area (Å²) in [4.78, 5) is 6.04. The maximum Gasteiger partial charge on any atom is 0.0548 e. The Hall–Kier alpha value is -1.84. The molecule has 0 aliphatic carbocycles. The first-order chi connectivity index (χ1) is 9.43. The fraction of sp³-hybridized carbons (Fsp3) is 0. The third kappa shape index (κ3) is 1.74. The number of aromatic nitrogens is 1. The van der Waals surface area contributed by atoms with Gasteiger partial charge in [0.25, 0.3) is 0 Å². The Balaban J connectivity index is 2.10. The van der Waals surface area contributed by atoms with Gasteiger partial charge in [-0.15, -0.1) is 22.7 Å². The van der Waals surface area contributed by atoms with Gasteiger partial charge in [0.1, 0.15) is 0 Å². The molecule has 4 rings (SSSR count). The van der Waals surface area contributed by atoms with Crippen LogP contribution in [-0.2, 0) is 0 Å². The summed E-state index contributed by atoms with van der Waals surface area (Å²) in [6.45, 7) is 0. The standard InChI is InChI=1S/C16H11NS2/c1-2-7-13-11(5-1)15(12-6-3-9-17-12)16(19-13)14-8-4-10-18-14/h1-10,17H. The summed E-state index contributed by atoms with van der Waals surface area (Å²) in [5.74, 6) is 0. The smallest absolute Gasteiger partial charge is 0.0548 e. The SMILES string of the molecule is c1c[nH]c(-c2c(-c3cccs3)sc3ccccc23)c1. The summed E-state index contributed by atoms with van der Waals surface area (Å²) in [6.07, 6.45) is 1.99. The lowest BCUT2D eigenvalue weighted by molar-refractivity contribution is 1.42. The van der Waals surface area contributed by atoms with Crippen molar-refractivity contribution in [2.45, 2.75) is 0 Å². The minimum Gasteiger partial charge on any atom is -0.361 e. The molecular weight excluding hydrogens is 270 g/mol. The highest BCUT2D eigenvalue weighted by atomic mass is 32.1. The molecule has 1 N–H and O–H groups in total. The van der Waals surface area contributed by atoms with E-state index in [9.17, 15) is 0 Å². The largest absolute Gasteiger partial charge is 0.361 e. The quantitative estimate of drug-likeness (QED) is 0.490. The van der Waals surface area contributed by atoms with Crippen LogP contribution < -0.4 is 0 Å². The van der Waals surface area contributed by atoms with Crippen LogP contribution in [-0.4, -0.2) is 4.98 Å².